The van der Waals surface area contributed by atoms with Crippen molar-refractivity contribution in [3.05, 3.63) is 36.2 Å². The van der Waals surface area contributed by atoms with Gasteiger partial charge in [0.2, 0.25) is 0 Å². The fourth-order valence-electron chi connectivity index (χ4n) is 1.72. The topological polar surface area (TPSA) is 75.1 Å². The number of aliphatic hydroxyl groups excluding tert-OH is 1. The summed E-state index contributed by atoms with van der Waals surface area (Å²) in [5.41, 5.74) is 1.74. The third kappa shape index (κ3) is 2.46. The monoisotopic (exact) mass is 245 g/mol. The Morgan fingerprint density at radius 3 is 2.89 bits per heavy atom. The van der Waals surface area contributed by atoms with E-state index >= 15 is 0 Å². The third-order valence-electron chi connectivity index (χ3n) is 2.79. The number of amides is 1. The number of nitrogens with zero attached hydrogens (tertiary/aromatic N) is 2. The van der Waals surface area contributed by atoms with Gasteiger partial charge in [-0.1, -0.05) is 13.0 Å². The molecule has 0 aliphatic heterocycles. The maximum absolute atomic E-state index is 12.1. The molecule has 0 bridgehead atoms. The first-order valence-corrected chi connectivity index (χ1v) is 5.87. The van der Waals surface area contributed by atoms with E-state index in [1.54, 1.807) is 24.5 Å². The maximum Gasteiger partial charge on any atom is 0.253 e. The number of benzene rings is 1. The molecule has 0 saturated carbocycles. The minimum Gasteiger partial charge on any atom is -0.394 e. The van der Waals surface area contributed by atoms with Crippen LogP contribution in [-0.2, 0) is 0 Å². The zero-order valence-corrected chi connectivity index (χ0v) is 10.1. The fraction of sp³-hybridized carbons (Fsp3) is 0.308. The quantitative estimate of drug-likeness (QED) is 0.846. The summed E-state index contributed by atoms with van der Waals surface area (Å²) in [4.78, 5) is 20.4. The van der Waals surface area contributed by atoms with Gasteiger partial charge < -0.3 is 10.4 Å². The molecule has 0 aliphatic carbocycles. The zero-order valence-electron chi connectivity index (χ0n) is 10.1. The molecule has 1 amide bonds. The zero-order chi connectivity index (χ0) is 13.0. The first kappa shape index (κ1) is 12.4. The molecule has 1 aromatic carbocycles. The highest BCUT2D eigenvalue weighted by Crippen LogP contribution is 2.13. The molecule has 5 nitrogen and oxygen atoms in total. The van der Waals surface area contributed by atoms with Gasteiger partial charge in [-0.2, -0.15) is 0 Å². The van der Waals surface area contributed by atoms with Crippen LogP contribution in [0.2, 0.25) is 0 Å². The van der Waals surface area contributed by atoms with Gasteiger partial charge in [-0.05, 0) is 18.6 Å². The number of nitrogens with one attached hydrogen (secondary N) is 1. The smallest absolute Gasteiger partial charge is 0.253 e. The molecule has 0 radical (unpaired) electrons. The van der Waals surface area contributed by atoms with E-state index in [1.165, 1.54) is 0 Å². The van der Waals surface area contributed by atoms with Gasteiger partial charge >= 0.3 is 0 Å². The summed E-state index contributed by atoms with van der Waals surface area (Å²) in [7, 11) is 0. The SMILES string of the molecule is CCC(CO)NC(=O)c1cccc2nccnc12. The number of rotatable bonds is 4. The number of hydrogen-bond donors (Lipinski definition) is 2. The van der Waals surface area contributed by atoms with Crippen molar-refractivity contribution < 1.29 is 9.90 Å². The number of fused-ring (bicyclic) bond motifs is 1. The van der Waals surface area contributed by atoms with E-state index in [0.717, 1.165) is 0 Å². The van der Waals surface area contributed by atoms with Gasteiger partial charge in [-0.3, -0.25) is 14.8 Å². The van der Waals surface area contributed by atoms with Crippen molar-refractivity contribution >= 4 is 16.9 Å². The van der Waals surface area contributed by atoms with Crippen LogP contribution in [0, 0.1) is 0 Å². The number of aromatic nitrogens is 2. The minimum atomic E-state index is -0.234. The van der Waals surface area contributed by atoms with Gasteiger partial charge in [-0.25, -0.2) is 0 Å². The van der Waals surface area contributed by atoms with E-state index in [4.69, 9.17) is 5.11 Å². The Balaban J connectivity index is 2.33. The highest BCUT2D eigenvalue weighted by Gasteiger charge is 2.14. The second-order valence-electron chi connectivity index (χ2n) is 3.99. The van der Waals surface area contributed by atoms with Gasteiger partial charge in [0.25, 0.3) is 5.91 Å². The molecule has 1 heterocycles. The Hall–Kier alpha value is -2.01. The lowest BCUT2D eigenvalue weighted by Crippen LogP contribution is -2.37. The Morgan fingerprint density at radius 2 is 2.17 bits per heavy atom. The summed E-state index contributed by atoms with van der Waals surface area (Å²) in [6, 6.07) is 5.05. The second kappa shape index (κ2) is 5.55. The van der Waals surface area contributed by atoms with Crippen LogP contribution in [0.25, 0.3) is 11.0 Å². The fourth-order valence-corrected chi connectivity index (χ4v) is 1.72. The molecule has 94 valence electrons. The minimum absolute atomic E-state index is 0.0707. The van der Waals surface area contributed by atoms with Crippen LogP contribution in [0.15, 0.2) is 30.6 Å². The summed E-state index contributed by atoms with van der Waals surface area (Å²) in [5, 5.41) is 11.9. The Morgan fingerprint density at radius 1 is 1.39 bits per heavy atom. The molecule has 1 atom stereocenters. The van der Waals surface area contributed by atoms with E-state index < -0.39 is 0 Å². The van der Waals surface area contributed by atoms with Gasteiger partial charge in [0.1, 0.15) is 5.52 Å². The summed E-state index contributed by atoms with van der Waals surface area (Å²) in [6.45, 7) is 1.84. The lowest BCUT2D eigenvalue weighted by molar-refractivity contribution is 0.0916. The van der Waals surface area contributed by atoms with Crippen LogP contribution in [-0.4, -0.2) is 33.6 Å². The van der Waals surface area contributed by atoms with Crippen LogP contribution in [0.4, 0.5) is 0 Å². The van der Waals surface area contributed by atoms with E-state index in [1.807, 2.05) is 13.0 Å². The number of carbonyl (C=O) groups excluding carboxylic acids is 1. The predicted octanol–water partition coefficient (Wildman–Crippen LogP) is 1.13. The Kier molecular flexibility index (Phi) is 3.84. The van der Waals surface area contributed by atoms with E-state index in [2.05, 4.69) is 15.3 Å². The van der Waals surface area contributed by atoms with Crippen molar-refractivity contribution in [2.75, 3.05) is 6.61 Å². The Labute approximate surface area is 105 Å². The standard InChI is InChI=1S/C13H15N3O2/c1-2-9(8-17)16-13(18)10-4-3-5-11-12(10)15-7-6-14-11/h3-7,9,17H,2,8H2,1H3,(H,16,18). The third-order valence-corrected chi connectivity index (χ3v) is 2.79. The van der Waals surface area contributed by atoms with Gasteiger partial charge in [0, 0.05) is 12.4 Å². The molecule has 2 aromatic rings. The molecule has 1 unspecified atom stereocenters. The van der Waals surface area contributed by atoms with Gasteiger partial charge in [0.05, 0.1) is 23.7 Å². The Bertz CT molecular complexity index is 547. The van der Waals surface area contributed by atoms with E-state index in [9.17, 15) is 4.79 Å². The normalized spacial score (nSPS) is 12.3. The average Bonchev–Trinajstić information content (AvgIpc) is 2.43. The lowest BCUT2D eigenvalue weighted by Gasteiger charge is -2.14. The molecule has 2 N–H and O–H groups in total. The largest absolute Gasteiger partial charge is 0.394 e. The van der Waals surface area contributed by atoms with E-state index in [0.29, 0.717) is 23.0 Å². The number of aliphatic hydroxyl groups is 1. The van der Waals surface area contributed by atoms with Crippen molar-refractivity contribution in [3.63, 3.8) is 0 Å². The second-order valence-corrected chi connectivity index (χ2v) is 3.99. The summed E-state index contributed by atoms with van der Waals surface area (Å²) >= 11 is 0. The summed E-state index contributed by atoms with van der Waals surface area (Å²) in [5.74, 6) is -0.234. The van der Waals surface area contributed by atoms with Gasteiger partial charge in [0.15, 0.2) is 0 Å². The maximum atomic E-state index is 12.1. The molecule has 0 aliphatic rings. The molecule has 0 saturated heterocycles. The molecule has 1 aromatic heterocycles. The lowest BCUT2D eigenvalue weighted by atomic mass is 10.1. The molecular weight excluding hydrogens is 230 g/mol. The van der Waals surface area contributed by atoms with Crippen molar-refractivity contribution in [2.24, 2.45) is 0 Å². The van der Waals surface area contributed by atoms with Crippen LogP contribution in [0.5, 0.6) is 0 Å². The first-order valence-electron chi connectivity index (χ1n) is 5.87. The molecule has 2 rings (SSSR count). The molecule has 5 heteroatoms. The molecule has 0 spiro atoms. The van der Waals surface area contributed by atoms with Crippen molar-refractivity contribution in [3.8, 4) is 0 Å². The van der Waals surface area contributed by atoms with E-state index in [-0.39, 0.29) is 18.6 Å². The van der Waals surface area contributed by atoms with Crippen LogP contribution >= 0.6 is 0 Å². The summed E-state index contributed by atoms with van der Waals surface area (Å²) < 4.78 is 0. The highest BCUT2D eigenvalue weighted by molar-refractivity contribution is 6.04. The highest BCUT2D eigenvalue weighted by atomic mass is 16.3. The average molecular weight is 245 g/mol. The molecular formula is C13H15N3O2. The van der Waals surface area contributed by atoms with Crippen LogP contribution in [0.1, 0.15) is 23.7 Å². The number of hydrogen-bond acceptors (Lipinski definition) is 4. The van der Waals surface area contributed by atoms with Crippen LogP contribution < -0.4 is 5.32 Å². The van der Waals surface area contributed by atoms with Crippen molar-refractivity contribution in [1.29, 1.82) is 0 Å². The number of para-hydroxylation sites is 1. The van der Waals surface area contributed by atoms with Crippen LogP contribution in [0.3, 0.4) is 0 Å². The van der Waals surface area contributed by atoms with Crippen molar-refractivity contribution in [2.45, 2.75) is 19.4 Å². The molecule has 18 heavy (non-hydrogen) atoms. The molecule has 0 fully saturated rings. The summed E-state index contributed by atoms with van der Waals surface area (Å²) in [6.07, 6.45) is 3.83. The predicted molar refractivity (Wildman–Crippen MR) is 68.2 cm³/mol. The van der Waals surface area contributed by atoms with Gasteiger partial charge in [-0.15, -0.1) is 0 Å². The first-order chi connectivity index (χ1) is 8.76. The number of carbonyl (C=O) groups is 1. The van der Waals surface area contributed by atoms with Crippen molar-refractivity contribution in [1.82, 2.24) is 15.3 Å².